The molecule has 7 heteroatoms. The van der Waals surface area contributed by atoms with Crippen molar-refractivity contribution >= 4 is 10.0 Å². The van der Waals surface area contributed by atoms with Gasteiger partial charge in [-0.1, -0.05) is 13.8 Å². The third kappa shape index (κ3) is 4.54. The third-order valence-corrected chi connectivity index (χ3v) is 5.16. The average Bonchev–Trinajstić information content (AvgIpc) is 2.85. The molecule has 1 unspecified atom stereocenters. The summed E-state index contributed by atoms with van der Waals surface area (Å²) in [6.07, 6.45) is 3.20. The lowest BCUT2D eigenvalue weighted by Gasteiger charge is -2.33. The number of sulfonamides is 1. The van der Waals surface area contributed by atoms with Gasteiger partial charge in [0.2, 0.25) is 10.0 Å². The number of hydrogen-bond donors (Lipinski definition) is 3. The van der Waals surface area contributed by atoms with Gasteiger partial charge in [0.15, 0.2) is 0 Å². The molecule has 3 N–H and O–H groups in total. The summed E-state index contributed by atoms with van der Waals surface area (Å²) in [5.74, 6) is 0. The van der Waals surface area contributed by atoms with Gasteiger partial charge in [-0.2, -0.15) is 0 Å². The Morgan fingerprint density at radius 2 is 2.24 bits per heavy atom. The van der Waals surface area contributed by atoms with Gasteiger partial charge >= 0.3 is 0 Å². The van der Waals surface area contributed by atoms with Crippen LogP contribution in [0.3, 0.4) is 0 Å². The maximum absolute atomic E-state index is 12.4. The highest BCUT2D eigenvalue weighted by molar-refractivity contribution is 7.89. The maximum Gasteiger partial charge on any atom is 0.242 e. The summed E-state index contributed by atoms with van der Waals surface area (Å²) < 4.78 is 33.1. The van der Waals surface area contributed by atoms with Gasteiger partial charge in [-0.05, 0) is 25.8 Å². The SMILES string of the molecule is CC(C)NCc1cc(S(=O)(=O)NC2(C)CCCOC2)c[nH]1. The summed E-state index contributed by atoms with van der Waals surface area (Å²) in [5, 5.41) is 3.25. The predicted molar refractivity (Wildman–Crippen MR) is 81.5 cm³/mol. The van der Waals surface area contributed by atoms with E-state index in [-0.39, 0.29) is 4.90 Å². The predicted octanol–water partition coefficient (Wildman–Crippen LogP) is 1.36. The van der Waals surface area contributed by atoms with Gasteiger partial charge in [-0.15, -0.1) is 0 Å². The Hall–Kier alpha value is -0.890. The Morgan fingerprint density at radius 1 is 1.48 bits per heavy atom. The van der Waals surface area contributed by atoms with Crippen LogP contribution in [0.25, 0.3) is 0 Å². The standard InChI is InChI=1S/C14H25N3O3S/c1-11(2)15-8-12-7-13(9-16-12)21(18,19)17-14(3)5-4-6-20-10-14/h7,9,11,15-17H,4-6,8,10H2,1-3H3. The van der Waals surface area contributed by atoms with Crippen molar-refractivity contribution in [3.63, 3.8) is 0 Å². The van der Waals surface area contributed by atoms with Crippen LogP contribution in [0.2, 0.25) is 0 Å². The van der Waals surface area contributed by atoms with Crippen molar-refractivity contribution in [1.29, 1.82) is 0 Å². The zero-order valence-corrected chi connectivity index (χ0v) is 13.7. The Labute approximate surface area is 126 Å². The number of aromatic nitrogens is 1. The van der Waals surface area contributed by atoms with E-state index < -0.39 is 15.6 Å². The van der Waals surface area contributed by atoms with Gasteiger partial charge in [-0.3, -0.25) is 0 Å². The molecule has 6 nitrogen and oxygen atoms in total. The maximum atomic E-state index is 12.4. The van der Waals surface area contributed by atoms with Crippen molar-refractivity contribution in [3.8, 4) is 0 Å². The molecule has 21 heavy (non-hydrogen) atoms. The molecule has 1 atom stereocenters. The first-order valence-corrected chi connectivity index (χ1v) is 8.81. The summed E-state index contributed by atoms with van der Waals surface area (Å²) in [6.45, 7) is 7.72. The fourth-order valence-electron chi connectivity index (χ4n) is 2.39. The van der Waals surface area contributed by atoms with E-state index in [9.17, 15) is 8.42 Å². The molecule has 2 rings (SSSR count). The van der Waals surface area contributed by atoms with Crippen molar-refractivity contribution in [3.05, 3.63) is 18.0 Å². The Kier molecular flexibility index (Phi) is 5.08. The molecule has 0 bridgehead atoms. The Morgan fingerprint density at radius 3 is 2.86 bits per heavy atom. The zero-order chi connectivity index (χ0) is 15.5. The normalized spacial score (nSPS) is 23.6. The lowest BCUT2D eigenvalue weighted by molar-refractivity contribution is 0.0386. The minimum Gasteiger partial charge on any atom is -0.380 e. The van der Waals surface area contributed by atoms with E-state index in [0.717, 1.165) is 18.5 Å². The fraction of sp³-hybridized carbons (Fsp3) is 0.714. The first-order chi connectivity index (χ1) is 9.81. The van der Waals surface area contributed by atoms with Crippen molar-refractivity contribution < 1.29 is 13.2 Å². The molecule has 0 radical (unpaired) electrons. The average molecular weight is 315 g/mol. The molecule has 0 aliphatic carbocycles. The van der Waals surface area contributed by atoms with Crippen molar-refractivity contribution in [1.82, 2.24) is 15.0 Å². The minimum absolute atomic E-state index is 0.273. The quantitative estimate of drug-likeness (QED) is 0.740. The van der Waals surface area contributed by atoms with Crippen LogP contribution in [0.4, 0.5) is 0 Å². The third-order valence-electron chi connectivity index (χ3n) is 3.55. The lowest BCUT2D eigenvalue weighted by Crippen LogP contribution is -2.51. The summed E-state index contributed by atoms with van der Waals surface area (Å²) in [4.78, 5) is 3.28. The van der Waals surface area contributed by atoms with E-state index in [1.54, 1.807) is 6.07 Å². The topological polar surface area (TPSA) is 83.2 Å². The molecular weight excluding hydrogens is 290 g/mol. The molecule has 120 valence electrons. The van der Waals surface area contributed by atoms with Crippen molar-refractivity contribution in [2.75, 3.05) is 13.2 Å². The van der Waals surface area contributed by atoms with E-state index in [1.165, 1.54) is 6.20 Å². The molecule has 0 amide bonds. The number of hydrogen-bond acceptors (Lipinski definition) is 4. The van der Waals surface area contributed by atoms with E-state index in [1.807, 2.05) is 20.8 Å². The number of nitrogens with one attached hydrogen (secondary N) is 3. The van der Waals surface area contributed by atoms with Crippen LogP contribution in [0.1, 0.15) is 39.3 Å². The van der Waals surface area contributed by atoms with Gasteiger partial charge in [0, 0.05) is 31.1 Å². The van der Waals surface area contributed by atoms with Crippen LogP contribution in [-0.4, -0.2) is 38.2 Å². The zero-order valence-electron chi connectivity index (χ0n) is 12.9. The first-order valence-electron chi connectivity index (χ1n) is 7.33. The van der Waals surface area contributed by atoms with Gasteiger partial charge in [-0.25, -0.2) is 13.1 Å². The van der Waals surface area contributed by atoms with E-state index in [4.69, 9.17) is 4.74 Å². The molecule has 1 aliphatic rings. The molecule has 2 heterocycles. The number of ether oxygens (including phenoxy) is 1. The Bertz CT molecular complexity index is 560. The molecule has 1 fully saturated rings. The molecule has 1 aromatic rings. The smallest absolute Gasteiger partial charge is 0.242 e. The number of H-pyrrole nitrogens is 1. The number of rotatable bonds is 6. The second kappa shape index (κ2) is 6.48. The van der Waals surface area contributed by atoms with Crippen LogP contribution in [0.15, 0.2) is 17.2 Å². The molecule has 0 saturated carbocycles. The minimum atomic E-state index is -3.53. The highest BCUT2D eigenvalue weighted by Crippen LogP contribution is 2.22. The molecular formula is C14H25N3O3S. The summed E-state index contributed by atoms with van der Waals surface area (Å²) >= 11 is 0. The van der Waals surface area contributed by atoms with E-state index in [0.29, 0.717) is 25.8 Å². The molecule has 1 saturated heterocycles. The molecule has 1 aliphatic heterocycles. The van der Waals surface area contributed by atoms with Crippen molar-refractivity contribution in [2.24, 2.45) is 0 Å². The molecule has 0 aromatic carbocycles. The summed E-state index contributed by atoms with van der Waals surface area (Å²) in [6, 6.07) is 2.02. The first kappa shape index (κ1) is 16.5. The highest BCUT2D eigenvalue weighted by Gasteiger charge is 2.33. The second-order valence-corrected chi connectivity index (χ2v) is 7.90. The Balaban J connectivity index is 2.05. The second-order valence-electron chi connectivity index (χ2n) is 6.22. The highest BCUT2D eigenvalue weighted by atomic mass is 32.2. The summed E-state index contributed by atoms with van der Waals surface area (Å²) in [5.41, 5.74) is 0.333. The van der Waals surface area contributed by atoms with Crippen LogP contribution < -0.4 is 10.0 Å². The van der Waals surface area contributed by atoms with Gasteiger partial charge in [0.1, 0.15) is 0 Å². The van der Waals surface area contributed by atoms with Gasteiger partial charge < -0.3 is 15.0 Å². The van der Waals surface area contributed by atoms with Crippen molar-refractivity contribution in [2.45, 2.75) is 56.6 Å². The van der Waals surface area contributed by atoms with Crippen LogP contribution in [-0.2, 0) is 21.3 Å². The van der Waals surface area contributed by atoms with E-state index in [2.05, 4.69) is 15.0 Å². The van der Waals surface area contributed by atoms with Crippen LogP contribution >= 0.6 is 0 Å². The lowest BCUT2D eigenvalue weighted by atomic mass is 9.97. The summed E-state index contributed by atoms with van der Waals surface area (Å²) in [7, 11) is -3.53. The van der Waals surface area contributed by atoms with E-state index >= 15 is 0 Å². The fourth-order valence-corrected chi connectivity index (χ4v) is 3.83. The van der Waals surface area contributed by atoms with Crippen LogP contribution in [0.5, 0.6) is 0 Å². The number of aromatic amines is 1. The largest absolute Gasteiger partial charge is 0.380 e. The van der Waals surface area contributed by atoms with Gasteiger partial charge in [0.25, 0.3) is 0 Å². The van der Waals surface area contributed by atoms with Gasteiger partial charge in [0.05, 0.1) is 17.0 Å². The molecule has 1 aromatic heterocycles. The molecule has 0 spiro atoms. The monoisotopic (exact) mass is 315 g/mol. The van der Waals surface area contributed by atoms with Crippen LogP contribution in [0, 0.1) is 0 Å².